The van der Waals surface area contributed by atoms with Crippen molar-refractivity contribution in [3.63, 3.8) is 0 Å². The minimum absolute atomic E-state index is 0.137. The molecule has 0 fully saturated rings. The molecule has 3 aromatic rings. The molecule has 3 rings (SSSR count). The van der Waals surface area contributed by atoms with Crippen molar-refractivity contribution >= 4 is 0 Å². The number of rotatable bonds is 9. The highest BCUT2D eigenvalue weighted by molar-refractivity contribution is 5.51. The first kappa shape index (κ1) is 22.9. The Bertz CT molecular complexity index is 921. The second-order valence-corrected chi connectivity index (χ2v) is 9.59. The van der Waals surface area contributed by atoms with Crippen LogP contribution in [0.3, 0.4) is 0 Å². The zero-order valence-corrected chi connectivity index (χ0v) is 19.7. The van der Waals surface area contributed by atoms with Gasteiger partial charge >= 0.3 is 0 Å². The monoisotopic (exact) mass is 416 g/mol. The van der Waals surface area contributed by atoms with E-state index in [2.05, 4.69) is 113 Å². The van der Waals surface area contributed by atoms with Gasteiger partial charge in [0.2, 0.25) is 0 Å². The molecule has 164 valence electrons. The van der Waals surface area contributed by atoms with E-state index in [1.54, 1.807) is 0 Å². The van der Waals surface area contributed by atoms with Gasteiger partial charge in [-0.3, -0.25) is 0 Å². The summed E-state index contributed by atoms with van der Waals surface area (Å²) < 4.78 is 11.9. The summed E-state index contributed by atoms with van der Waals surface area (Å²) in [6.45, 7) is 12.5. The Morgan fingerprint density at radius 1 is 0.613 bits per heavy atom. The van der Waals surface area contributed by atoms with Crippen LogP contribution in [-0.2, 0) is 5.41 Å². The summed E-state index contributed by atoms with van der Waals surface area (Å²) in [5, 5.41) is 0. The zero-order valence-electron chi connectivity index (χ0n) is 19.7. The molecule has 0 bridgehead atoms. The molecule has 2 nitrogen and oxygen atoms in total. The summed E-state index contributed by atoms with van der Waals surface area (Å²) in [5.74, 6) is 1.84. The fraction of sp³-hybridized carbons (Fsp3) is 0.379. The Labute approximate surface area is 188 Å². The summed E-state index contributed by atoms with van der Waals surface area (Å²) in [5.41, 5.74) is 3.61. The van der Waals surface area contributed by atoms with Gasteiger partial charge in [-0.05, 0) is 59.7 Å². The van der Waals surface area contributed by atoms with Crippen molar-refractivity contribution in [1.29, 1.82) is 0 Å². The molecule has 0 radical (unpaired) electrons. The van der Waals surface area contributed by atoms with Crippen molar-refractivity contribution in [2.24, 2.45) is 5.41 Å². The van der Waals surface area contributed by atoms with E-state index in [0.717, 1.165) is 30.9 Å². The van der Waals surface area contributed by atoms with Crippen LogP contribution < -0.4 is 9.47 Å². The minimum Gasteiger partial charge on any atom is -0.494 e. The van der Waals surface area contributed by atoms with Crippen LogP contribution in [0, 0.1) is 5.41 Å². The lowest BCUT2D eigenvalue weighted by Crippen LogP contribution is -2.25. The molecule has 0 amide bonds. The minimum atomic E-state index is -0.272. The maximum Gasteiger partial charge on any atom is 0.119 e. The number of ether oxygens (including phenoxy) is 2. The van der Waals surface area contributed by atoms with Crippen LogP contribution in [0.2, 0.25) is 0 Å². The highest BCUT2D eigenvalue weighted by atomic mass is 16.5. The van der Waals surface area contributed by atoms with Crippen LogP contribution in [0.5, 0.6) is 11.5 Å². The maximum absolute atomic E-state index is 6.00. The molecular formula is C29H36O2. The largest absolute Gasteiger partial charge is 0.494 e. The van der Waals surface area contributed by atoms with Gasteiger partial charge in [0.15, 0.2) is 0 Å². The Morgan fingerprint density at radius 3 is 1.58 bits per heavy atom. The second kappa shape index (κ2) is 10.0. The van der Waals surface area contributed by atoms with Crippen molar-refractivity contribution in [3.8, 4) is 11.5 Å². The third-order valence-corrected chi connectivity index (χ3v) is 5.65. The number of unbranched alkanes of at least 4 members (excludes halogenated alkanes) is 1. The second-order valence-electron chi connectivity index (χ2n) is 9.59. The van der Waals surface area contributed by atoms with Gasteiger partial charge in [-0.2, -0.15) is 0 Å². The molecule has 0 N–H and O–H groups in total. The fourth-order valence-electron chi connectivity index (χ4n) is 3.67. The van der Waals surface area contributed by atoms with Crippen LogP contribution in [0.1, 0.15) is 64.2 Å². The zero-order chi connectivity index (χ0) is 22.3. The van der Waals surface area contributed by atoms with Crippen molar-refractivity contribution in [2.75, 3.05) is 13.2 Å². The van der Waals surface area contributed by atoms with Gasteiger partial charge in [-0.1, -0.05) is 88.7 Å². The maximum atomic E-state index is 6.00. The predicted octanol–water partition coefficient (Wildman–Crippen LogP) is 7.64. The summed E-state index contributed by atoms with van der Waals surface area (Å²) in [6.07, 6.45) is 2.22. The summed E-state index contributed by atoms with van der Waals surface area (Å²) in [7, 11) is 0. The highest BCUT2D eigenvalue weighted by Crippen LogP contribution is 2.40. The van der Waals surface area contributed by atoms with Gasteiger partial charge in [-0.25, -0.2) is 0 Å². The Balaban J connectivity index is 1.91. The topological polar surface area (TPSA) is 18.5 Å². The lowest BCUT2D eigenvalue weighted by atomic mass is 9.71. The highest BCUT2D eigenvalue weighted by Gasteiger charge is 2.31. The van der Waals surface area contributed by atoms with Crippen LogP contribution in [0.25, 0.3) is 0 Å². The molecule has 3 aromatic carbocycles. The van der Waals surface area contributed by atoms with Crippen LogP contribution >= 0.6 is 0 Å². The lowest BCUT2D eigenvalue weighted by molar-refractivity contribution is 0.198. The summed E-state index contributed by atoms with van der Waals surface area (Å²) in [6, 6.07) is 27.8. The van der Waals surface area contributed by atoms with E-state index in [-0.39, 0.29) is 10.8 Å². The number of benzene rings is 3. The Morgan fingerprint density at radius 2 is 1.10 bits per heavy atom. The third-order valence-electron chi connectivity index (χ3n) is 5.65. The van der Waals surface area contributed by atoms with Gasteiger partial charge < -0.3 is 9.47 Å². The van der Waals surface area contributed by atoms with E-state index in [4.69, 9.17) is 9.47 Å². The van der Waals surface area contributed by atoms with Crippen LogP contribution in [-0.4, -0.2) is 13.2 Å². The molecule has 0 saturated carbocycles. The molecule has 0 aliphatic carbocycles. The smallest absolute Gasteiger partial charge is 0.119 e. The average Bonchev–Trinajstić information content (AvgIpc) is 2.78. The first-order chi connectivity index (χ1) is 14.8. The van der Waals surface area contributed by atoms with Gasteiger partial charge in [0.05, 0.1) is 13.2 Å². The quantitative estimate of drug-likeness (QED) is 0.263. The number of hydrogen-bond donors (Lipinski definition) is 0. The van der Waals surface area contributed by atoms with Crippen molar-refractivity contribution in [1.82, 2.24) is 0 Å². The molecule has 0 spiro atoms. The summed E-state index contributed by atoms with van der Waals surface area (Å²) >= 11 is 0. The van der Waals surface area contributed by atoms with Crippen LogP contribution in [0.4, 0.5) is 0 Å². The van der Waals surface area contributed by atoms with Gasteiger partial charge in [0.25, 0.3) is 0 Å². The number of hydrogen-bond acceptors (Lipinski definition) is 2. The molecule has 0 aliphatic heterocycles. The Kier molecular flexibility index (Phi) is 7.43. The van der Waals surface area contributed by atoms with Crippen LogP contribution in [0.15, 0.2) is 78.9 Å². The predicted molar refractivity (Wildman–Crippen MR) is 130 cm³/mol. The van der Waals surface area contributed by atoms with Crippen molar-refractivity contribution in [3.05, 3.63) is 95.6 Å². The van der Waals surface area contributed by atoms with Crippen molar-refractivity contribution in [2.45, 2.75) is 52.9 Å². The van der Waals surface area contributed by atoms with E-state index in [1.165, 1.54) is 16.7 Å². The van der Waals surface area contributed by atoms with E-state index in [1.807, 2.05) is 0 Å². The van der Waals surface area contributed by atoms with E-state index in [9.17, 15) is 0 Å². The fourth-order valence-corrected chi connectivity index (χ4v) is 3.67. The SMILES string of the molecule is CCCCOc1ccc(C(C)(c2ccccc2)c2ccc(OCC(C)(C)C)cc2)cc1. The molecule has 2 heteroatoms. The standard InChI is InChI=1S/C29H36O2/c1-6-7-21-30-26-17-13-24(14-18-26)29(5,23-11-9-8-10-12-23)25-15-19-27(20-16-25)31-22-28(2,3)4/h8-20H,6-7,21-22H2,1-5H3. The molecule has 0 aliphatic rings. The molecular weight excluding hydrogens is 380 g/mol. The molecule has 1 atom stereocenters. The lowest BCUT2D eigenvalue weighted by Gasteiger charge is -2.32. The Hall–Kier alpha value is -2.74. The molecule has 0 heterocycles. The van der Waals surface area contributed by atoms with E-state index < -0.39 is 0 Å². The molecule has 0 aromatic heterocycles. The van der Waals surface area contributed by atoms with E-state index in [0.29, 0.717) is 6.61 Å². The molecule has 31 heavy (non-hydrogen) atoms. The molecule has 0 saturated heterocycles. The van der Waals surface area contributed by atoms with Gasteiger partial charge in [0, 0.05) is 5.41 Å². The van der Waals surface area contributed by atoms with E-state index >= 15 is 0 Å². The van der Waals surface area contributed by atoms with Gasteiger partial charge in [0.1, 0.15) is 11.5 Å². The average molecular weight is 417 g/mol. The third kappa shape index (κ3) is 5.91. The van der Waals surface area contributed by atoms with Crippen molar-refractivity contribution < 1.29 is 9.47 Å². The normalized spacial score (nSPS) is 13.5. The first-order valence-corrected chi connectivity index (χ1v) is 11.3. The van der Waals surface area contributed by atoms with Gasteiger partial charge in [-0.15, -0.1) is 0 Å². The molecule has 1 unspecified atom stereocenters. The first-order valence-electron chi connectivity index (χ1n) is 11.3. The summed E-state index contributed by atoms with van der Waals surface area (Å²) in [4.78, 5) is 0.